The van der Waals surface area contributed by atoms with Crippen LogP contribution in [0.15, 0.2) is 4.99 Å². The Balaban J connectivity index is -0.00000185. The zero-order chi connectivity index (χ0) is 20.8. The number of nitrogens with two attached hydrogens (primary N) is 2. The fraction of sp³-hybridized carbons (Fsp3) is 0.778. The second-order valence-corrected chi connectivity index (χ2v) is 6.63. The average molecular weight is 613 g/mol. The van der Waals surface area contributed by atoms with Crippen molar-refractivity contribution in [3.8, 4) is 0 Å². The summed E-state index contributed by atoms with van der Waals surface area (Å²) in [6, 6.07) is 0. The maximum Gasteiger partial charge on any atom is 2.00 e. The Bertz CT molecular complexity index is 407. The first-order chi connectivity index (χ1) is 12.1. The van der Waals surface area contributed by atoms with Gasteiger partial charge in [0.25, 0.3) is 0 Å². The molecule has 27 heavy (non-hydrogen) atoms. The number of rotatable bonds is 12. The van der Waals surface area contributed by atoms with Crippen LogP contribution in [0.3, 0.4) is 0 Å². The molecule has 6 N–H and O–H groups in total. The zero-order valence-electron chi connectivity index (χ0n) is 17.6. The first-order valence-corrected chi connectivity index (χ1v) is 8.82. The maximum atomic E-state index is 11.6. The summed E-state index contributed by atoms with van der Waals surface area (Å²) in [5.74, 6) is -0.150. The van der Waals surface area contributed by atoms with Gasteiger partial charge in [0.15, 0.2) is 6.10 Å². The molecule has 0 amide bonds. The number of esters is 1. The van der Waals surface area contributed by atoms with Gasteiger partial charge in [-0.15, -0.1) is 0 Å². The van der Waals surface area contributed by atoms with E-state index in [1.165, 1.54) is 0 Å². The molecule has 0 bridgehead atoms. The summed E-state index contributed by atoms with van der Waals surface area (Å²) in [7, 11) is 0. The Morgan fingerprint density at radius 3 is 2.41 bits per heavy atom. The van der Waals surface area contributed by atoms with Crippen LogP contribution in [0.5, 0.6) is 0 Å². The number of aliphatic hydroxyl groups excluding tert-OH is 1. The van der Waals surface area contributed by atoms with E-state index in [0.717, 1.165) is 0 Å². The van der Waals surface area contributed by atoms with Gasteiger partial charge >= 0.3 is 37.1 Å². The van der Waals surface area contributed by atoms with Crippen LogP contribution in [0.2, 0.25) is 0 Å². The minimum atomic E-state index is -0.629. The monoisotopic (exact) mass is 612 g/mol. The second kappa shape index (κ2) is 17.9. The number of amidine groups is 1. The van der Waals surface area contributed by atoms with E-state index in [2.05, 4.69) is 17.2 Å². The van der Waals surface area contributed by atoms with E-state index in [4.69, 9.17) is 20.9 Å². The van der Waals surface area contributed by atoms with E-state index in [9.17, 15) is 9.90 Å². The molecule has 0 aliphatic carbocycles. The molecule has 0 spiro atoms. The third-order valence-corrected chi connectivity index (χ3v) is 3.11. The van der Waals surface area contributed by atoms with E-state index >= 15 is 0 Å². The summed E-state index contributed by atoms with van der Waals surface area (Å²) in [5, 5.41) is 12.3. The summed E-state index contributed by atoms with van der Waals surface area (Å²) in [5.41, 5.74) is 11.4. The Morgan fingerprint density at radius 2 is 1.93 bits per heavy atom. The first kappa shape index (κ1) is 31.5. The Kier molecular flexibility index (Phi) is 20.9. The van der Waals surface area contributed by atoms with E-state index in [0.29, 0.717) is 13.2 Å². The number of carbonyl (C=O) groups excluding carboxylic acids is 1. The molecule has 0 aromatic rings. The van der Waals surface area contributed by atoms with Crippen LogP contribution >= 0.6 is 0 Å². The van der Waals surface area contributed by atoms with Gasteiger partial charge in [-0.2, -0.15) is 13.8 Å². The van der Waals surface area contributed by atoms with Gasteiger partial charge in [0.05, 0.1) is 19.3 Å². The van der Waals surface area contributed by atoms with Crippen LogP contribution in [0, 0.1) is 49.9 Å². The number of hydrogen-bond acceptors (Lipinski definition) is 7. The standard InChI is InChI=1S/C16H33N4O4.C2H5.U/c1-6-7-23-15(22)12(3)24-10-16(4,5)9-20-14(18)13(17)19-8-11(2)21;1-2;/h6,11-12,14,20-21H,7-10,18H2,1-5H3,(H2,17,19);1H2,2H3;/q2*-1;+2. The Hall–Kier alpha value is -0.168. The van der Waals surface area contributed by atoms with Crippen molar-refractivity contribution < 1.29 is 50.5 Å². The quantitative estimate of drug-likeness (QED) is 0.0837. The molecule has 9 heteroatoms. The maximum absolute atomic E-state index is 11.6. The van der Waals surface area contributed by atoms with Crippen molar-refractivity contribution in [3.05, 3.63) is 13.3 Å². The number of ether oxygens (including phenoxy) is 2. The Morgan fingerprint density at radius 1 is 1.37 bits per heavy atom. The SMILES string of the molecule is C[CH-]COC(=O)C(C)OCC(C)(C)CNC(N)C(N)=NCC(C)O.[CH2-]C.[U+2]. The topological polar surface area (TPSA) is 132 Å². The minimum Gasteiger partial charge on any atom is -0.497 e. The molecule has 0 aromatic heterocycles. The molecule has 0 saturated carbocycles. The molecule has 8 nitrogen and oxygen atoms in total. The molecule has 0 radical (unpaired) electrons. The normalized spacial score (nSPS) is 14.9. The van der Waals surface area contributed by atoms with Gasteiger partial charge in [-0.25, -0.2) is 4.79 Å². The van der Waals surface area contributed by atoms with E-state index < -0.39 is 18.4 Å². The van der Waals surface area contributed by atoms with Crippen LogP contribution < -0.4 is 16.8 Å². The third-order valence-electron chi connectivity index (χ3n) is 3.11. The van der Waals surface area contributed by atoms with Gasteiger partial charge in [-0.05, 0) is 20.5 Å². The van der Waals surface area contributed by atoms with Crippen LogP contribution in [0.4, 0.5) is 0 Å². The molecule has 158 valence electrons. The van der Waals surface area contributed by atoms with Gasteiger partial charge in [-0.3, -0.25) is 16.7 Å². The molecule has 3 atom stereocenters. The first-order valence-electron chi connectivity index (χ1n) is 8.82. The van der Waals surface area contributed by atoms with Gasteiger partial charge < -0.3 is 33.0 Å². The van der Waals surface area contributed by atoms with Crippen molar-refractivity contribution in [1.82, 2.24) is 5.32 Å². The van der Waals surface area contributed by atoms with Crippen molar-refractivity contribution in [2.75, 3.05) is 26.3 Å². The second-order valence-electron chi connectivity index (χ2n) is 6.63. The summed E-state index contributed by atoms with van der Waals surface area (Å²) in [6.45, 7) is 15.4. The van der Waals surface area contributed by atoms with Crippen molar-refractivity contribution >= 4 is 11.8 Å². The number of nitrogens with zero attached hydrogens (tertiary/aromatic N) is 1. The fourth-order valence-corrected chi connectivity index (χ4v) is 1.58. The number of carbonyl (C=O) groups is 1. The molecule has 0 aliphatic rings. The molecule has 0 aromatic carbocycles. The van der Waals surface area contributed by atoms with Crippen LogP contribution in [0.1, 0.15) is 41.5 Å². The summed E-state index contributed by atoms with van der Waals surface area (Å²) in [6.07, 6.45) is -0.0446. The minimum absolute atomic E-state index is 0. The van der Waals surface area contributed by atoms with Crippen LogP contribution in [-0.4, -0.2) is 61.6 Å². The molecule has 0 aliphatic heterocycles. The van der Waals surface area contributed by atoms with Gasteiger partial charge in [0.2, 0.25) is 0 Å². The molecular weight excluding hydrogens is 574 g/mol. The molecular formula is C18H38N4O4U. The fourth-order valence-electron chi connectivity index (χ4n) is 1.58. The number of aliphatic hydroxyl groups is 1. The smallest absolute Gasteiger partial charge is 0.497 e. The number of nitrogens with one attached hydrogen (secondary N) is 1. The van der Waals surface area contributed by atoms with E-state index in [1.54, 1.807) is 27.2 Å². The van der Waals surface area contributed by atoms with Gasteiger partial charge in [0, 0.05) is 12.0 Å². The molecule has 0 rings (SSSR count). The van der Waals surface area contributed by atoms with E-state index in [1.807, 2.05) is 20.8 Å². The largest absolute Gasteiger partial charge is 2.00 e. The zero-order valence-corrected chi connectivity index (χ0v) is 21.8. The number of aliphatic imine (C=N–C) groups is 1. The van der Waals surface area contributed by atoms with Crippen molar-refractivity contribution in [2.24, 2.45) is 21.9 Å². The predicted molar refractivity (Wildman–Crippen MR) is 105 cm³/mol. The van der Waals surface area contributed by atoms with Crippen molar-refractivity contribution in [3.63, 3.8) is 0 Å². The molecule has 0 fully saturated rings. The molecule has 3 unspecified atom stereocenters. The van der Waals surface area contributed by atoms with Crippen molar-refractivity contribution in [2.45, 2.75) is 59.9 Å². The molecule has 0 heterocycles. The summed E-state index contributed by atoms with van der Waals surface area (Å²) >= 11 is 0. The Labute approximate surface area is 188 Å². The third kappa shape index (κ3) is 17.6. The predicted octanol–water partition coefficient (Wildman–Crippen LogP) is 0.638. The van der Waals surface area contributed by atoms with Crippen LogP contribution in [0.25, 0.3) is 0 Å². The summed E-state index contributed by atoms with van der Waals surface area (Å²) < 4.78 is 10.6. The van der Waals surface area contributed by atoms with Crippen molar-refractivity contribution in [1.29, 1.82) is 0 Å². The average Bonchev–Trinajstić information content (AvgIpc) is 2.61. The molecule has 0 saturated heterocycles. The van der Waals surface area contributed by atoms with Gasteiger partial charge in [0.1, 0.15) is 12.0 Å². The van der Waals surface area contributed by atoms with Gasteiger partial charge in [-0.1, -0.05) is 13.8 Å². The van der Waals surface area contributed by atoms with E-state index in [-0.39, 0.29) is 61.5 Å². The van der Waals surface area contributed by atoms with Crippen LogP contribution in [-0.2, 0) is 14.3 Å². The summed E-state index contributed by atoms with van der Waals surface area (Å²) in [4.78, 5) is 15.7. The number of hydrogen-bond donors (Lipinski definition) is 4.